The number of nitrogens with zero attached hydrogens (tertiary/aromatic N) is 5. The molecule has 0 saturated carbocycles. The van der Waals surface area contributed by atoms with Crippen LogP contribution in [-0.4, -0.2) is 32.6 Å². The normalized spacial score (nSPS) is 12.0. The Hall–Kier alpha value is -3.51. The number of aryl methyl sites for hydroxylation is 2. The number of halogens is 2. The smallest absolute Gasteiger partial charge is 0.280 e. The standard InChI is InChI=1S/C26H23Cl2N5O3/c1-15(2)36-11-5-10-32-23(31-25(34)19-8-7-18(27)13-21(19)28)17(14-29)12-20-24(32)30-22-16(3)6-4-9-33(22)26(20)35/h4,6-9,12-13,15H,5,10-11H2,1-3H3. The molecule has 0 N–H and O–H groups in total. The van der Waals surface area contributed by atoms with Gasteiger partial charge in [0.05, 0.1) is 27.6 Å². The van der Waals surface area contributed by atoms with Gasteiger partial charge in [0.2, 0.25) is 0 Å². The van der Waals surface area contributed by atoms with Crippen LogP contribution in [0, 0.1) is 18.3 Å². The molecule has 8 nitrogen and oxygen atoms in total. The first-order valence-electron chi connectivity index (χ1n) is 11.3. The Balaban J connectivity index is 2.01. The highest BCUT2D eigenvalue weighted by Crippen LogP contribution is 2.22. The highest BCUT2D eigenvalue weighted by atomic mass is 35.5. The monoisotopic (exact) mass is 523 g/mol. The van der Waals surface area contributed by atoms with Crippen LogP contribution < -0.4 is 11.0 Å². The first-order chi connectivity index (χ1) is 17.2. The fraction of sp³-hybridized carbons (Fsp3) is 0.269. The van der Waals surface area contributed by atoms with Crippen LogP contribution >= 0.6 is 23.2 Å². The number of hydrogen-bond acceptors (Lipinski definition) is 5. The molecule has 0 aliphatic rings. The average Bonchev–Trinajstić information content (AvgIpc) is 2.83. The molecule has 1 aromatic carbocycles. The number of fused-ring (bicyclic) bond motifs is 2. The van der Waals surface area contributed by atoms with Gasteiger partial charge in [-0.3, -0.25) is 14.0 Å². The molecule has 0 bridgehead atoms. The Labute approximate surface area is 217 Å². The number of amides is 1. The molecule has 3 aromatic heterocycles. The van der Waals surface area contributed by atoms with E-state index in [9.17, 15) is 14.9 Å². The number of aromatic nitrogens is 3. The van der Waals surface area contributed by atoms with Crippen LogP contribution in [0.5, 0.6) is 0 Å². The first-order valence-corrected chi connectivity index (χ1v) is 12.1. The van der Waals surface area contributed by atoms with Crippen molar-refractivity contribution >= 4 is 45.8 Å². The van der Waals surface area contributed by atoms with E-state index < -0.39 is 5.91 Å². The number of carbonyl (C=O) groups excluding carboxylic acids is 1. The molecule has 0 radical (unpaired) electrons. The number of nitriles is 1. The van der Waals surface area contributed by atoms with Gasteiger partial charge in [-0.2, -0.15) is 10.3 Å². The maximum absolute atomic E-state index is 13.4. The summed E-state index contributed by atoms with van der Waals surface area (Å²) in [5.74, 6) is -0.645. The van der Waals surface area contributed by atoms with Crippen molar-refractivity contribution < 1.29 is 9.53 Å². The van der Waals surface area contributed by atoms with Crippen molar-refractivity contribution in [3.05, 3.63) is 85.2 Å². The van der Waals surface area contributed by atoms with Gasteiger partial charge in [0.25, 0.3) is 11.5 Å². The predicted molar refractivity (Wildman–Crippen MR) is 138 cm³/mol. The second kappa shape index (κ2) is 10.6. The van der Waals surface area contributed by atoms with E-state index in [-0.39, 0.29) is 38.7 Å². The van der Waals surface area contributed by atoms with E-state index >= 15 is 0 Å². The molecule has 184 valence electrons. The van der Waals surface area contributed by atoms with Gasteiger partial charge in [-0.1, -0.05) is 29.3 Å². The summed E-state index contributed by atoms with van der Waals surface area (Å²) in [7, 11) is 0. The fourth-order valence-electron chi connectivity index (χ4n) is 3.86. The maximum Gasteiger partial charge on any atom is 0.280 e. The lowest BCUT2D eigenvalue weighted by Crippen LogP contribution is -2.30. The number of rotatable bonds is 6. The molecule has 4 aromatic rings. The lowest BCUT2D eigenvalue weighted by atomic mass is 10.2. The Kier molecular flexibility index (Phi) is 7.55. The van der Waals surface area contributed by atoms with E-state index in [0.29, 0.717) is 35.9 Å². The third-order valence-electron chi connectivity index (χ3n) is 5.57. The van der Waals surface area contributed by atoms with Gasteiger partial charge < -0.3 is 9.30 Å². The Morgan fingerprint density at radius 2 is 2.00 bits per heavy atom. The minimum atomic E-state index is -0.645. The second-order valence-corrected chi connectivity index (χ2v) is 9.34. The number of benzene rings is 1. The number of pyridine rings is 2. The summed E-state index contributed by atoms with van der Waals surface area (Å²) >= 11 is 12.2. The van der Waals surface area contributed by atoms with Crippen LogP contribution in [0.4, 0.5) is 0 Å². The van der Waals surface area contributed by atoms with E-state index in [1.54, 1.807) is 16.8 Å². The molecule has 3 heterocycles. The third-order valence-corrected chi connectivity index (χ3v) is 6.12. The van der Waals surface area contributed by atoms with Gasteiger partial charge in [0.15, 0.2) is 5.49 Å². The summed E-state index contributed by atoms with van der Waals surface area (Å²) < 4.78 is 8.75. The summed E-state index contributed by atoms with van der Waals surface area (Å²) in [5.41, 5.74) is 1.59. The topological polar surface area (TPSA) is 102 Å². The van der Waals surface area contributed by atoms with Crippen molar-refractivity contribution in [2.45, 2.75) is 39.8 Å². The predicted octanol–water partition coefficient (Wildman–Crippen LogP) is 4.69. The van der Waals surface area contributed by atoms with Crippen LogP contribution in [-0.2, 0) is 11.3 Å². The first kappa shape index (κ1) is 25.6. The molecule has 0 fully saturated rings. The molecule has 0 aliphatic heterocycles. The fourth-order valence-corrected chi connectivity index (χ4v) is 4.35. The van der Waals surface area contributed by atoms with Crippen molar-refractivity contribution in [2.24, 2.45) is 4.99 Å². The molecule has 0 aliphatic carbocycles. The van der Waals surface area contributed by atoms with Crippen LogP contribution in [0.3, 0.4) is 0 Å². The minimum absolute atomic E-state index is 0.0457. The Bertz CT molecular complexity index is 1670. The lowest BCUT2D eigenvalue weighted by molar-refractivity contribution is 0.0748. The second-order valence-electron chi connectivity index (χ2n) is 8.50. The summed E-state index contributed by atoms with van der Waals surface area (Å²) in [4.78, 5) is 35.5. The maximum atomic E-state index is 13.4. The number of hydrogen-bond donors (Lipinski definition) is 0. The molecular weight excluding hydrogens is 501 g/mol. The lowest BCUT2D eigenvalue weighted by Gasteiger charge is -2.15. The zero-order valence-electron chi connectivity index (χ0n) is 20.0. The van der Waals surface area contributed by atoms with Crippen molar-refractivity contribution in [1.29, 1.82) is 5.26 Å². The van der Waals surface area contributed by atoms with Crippen molar-refractivity contribution in [3.63, 3.8) is 0 Å². The average molecular weight is 524 g/mol. The molecule has 1 amide bonds. The van der Waals surface area contributed by atoms with Gasteiger partial charge in [-0.05, 0) is 63.1 Å². The van der Waals surface area contributed by atoms with E-state index in [1.165, 1.54) is 28.7 Å². The van der Waals surface area contributed by atoms with E-state index in [2.05, 4.69) is 11.1 Å². The summed E-state index contributed by atoms with van der Waals surface area (Å²) in [6.45, 7) is 6.48. The van der Waals surface area contributed by atoms with Crippen LogP contribution in [0.2, 0.25) is 10.0 Å². The van der Waals surface area contributed by atoms with E-state index in [1.807, 2.05) is 26.8 Å². The molecule has 0 atom stereocenters. The largest absolute Gasteiger partial charge is 0.379 e. The van der Waals surface area contributed by atoms with Gasteiger partial charge >= 0.3 is 0 Å². The Morgan fingerprint density at radius 1 is 1.22 bits per heavy atom. The zero-order chi connectivity index (χ0) is 26.0. The molecule has 0 saturated heterocycles. The highest BCUT2D eigenvalue weighted by Gasteiger charge is 2.17. The zero-order valence-corrected chi connectivity index (χ0v) is 21.5. The van der Waals surface area contributed by atoms with Gasteiger partial charge in [-0.25, -0.2) is 4.98 Å². The minimum Gasteiger partial charge on any atom is -0.379 e. The van der Waals surface area contributed by atoms with Gasteiger partial charge in [0.1, 0.15) is 17.4 Å². The van der Waals surface area contributed by atoms with E-state index in [4.69, 9.17) is 32.9 Å². The van der Waals surface area contributed by atoms with E-state index in [0.717, 1.165) is 5.56 Å². The Morgan fingerprint density at radius 3 is 2.69 bits per heavy atom. The third kappa shape index (κ3) is 5.05. The van der Waals surface area contributed by atoms with Crippen LogP contribution in [0.25, 0.3) is 16.7 Å². The quantitative estimate of drug-likeness (QED) is 0.269. The van der Waals surface area contributed by atoms with Crippen molar-refractivity contribution in [1.82, 2.24) is 14.0 Å². The van der Waals surface area contributed by atoms with Gasteiger partial charge in [-0.15, -0.1) is 0 Å². The van der Waals surface area contributed by atoms with Crippen LogP contribution in [0.1, 0.15) is 41.8 Å². The summed E-state index contributed by atoms with van der Waals surface area (Å²) in [6, 6.07) is 11.6. The number of ether oxygens (including phenoxy) is 1. The van der Waals surface area contributed by atoms with Crippen molar-refractivity contribution in [3.8, 4) is 6.07 Å². The molecule has 0 unspecified atom stereocenters. The molecule has 10 heteroatoms. The van der Waals surface area contributed by atoms with Crippen molar-refractivity contribution in [2.75, 3.05) is 6.61 Å². The molecular formula is C26H23Cl2N5O3. The summed E-state index contributed by atoms with van der Waals surface area (Å²) in [6.07, 6.45) is 2.22. The molecule has 4 rings (SSSR count). The summed E-state index contributed by atoms with van der Waals surface area (Å²) in [5, 5.41) is 10.7. The number of carbonyl (C=O) groups is 1. The van der Waals surface area contributed by atoms with Crippen LogP contribution in [0.15, 0.2) is 52.4 Å². The highest BCUT2D eigenvalue weighted by molar-refractivity contribution is 6.36. The van der Waals surface area contributed by atoms with Gasteiger partial charge in [0, 0.05) is 24.4 Å². The molecule has 0 spiro atoms. The molecule has 36 heavy (non-hydrogen) atoms. The SMILES string of the molecule is Cc1cccn2c(=O)c3cc(C#N)c(=NC(=O)c4ccc(Cl)cc4Cl)n(CCCOC(C)C)c3nc12.